The Morgan fingerprint density at radius 3 is 2.44 bits per heavy atom. The highest BCUT2D eigenvalue weighted by molar-refractivity contribution is 6.00. The van der Waals surface area contributed by atoms with Crippen LogP contribution >= 0.6 is 0 Å². The van der Waals surface area contributed by atoms with E-state index in [1.165, 1.54) is 13.0 Å². The van der Waals surface area contributed by atoms with Crippen molar-refractivity contribution < 1.29 is 18.0 Å². The molecule has 0 atom stereocenters. The van der Waals surface area contributed by atoms with Crippen LogP contribution in [0.5, 0.6) is 0 Å². The second-order valence-corrected chi connectivity index (χ2v) is 3.97. The maximum Gasteiger partial charge on any atom is 0.406 e. The first-order valence-corrected chi connectivity index (χ1v) is 5.47. The molecular formula is C12H15F3N2O. The van der Waals surface area contributed by atoms with E-state index in [1.54, 1.807) is 19.1 Å². The molecule has 18 heavy (non-hydrogen) atoms. The molecule has 1 amide bonds. The van der Waals surface area contributed by atoms with E-state index in [4.69, 9.17) is 5.73 Å². The molecule has 0 aliphatic heterocycles. The third-order valence-corrected chi connectivity index (χ3v) is 2.56. The van der Waals surface area contributed by atoms with Gasteiger partial charge in [-0.1, -0.05) is 12.1 Å². The number of hydrogen-bond acceptors (Lipinski definition) is 2. The minimum absolute atomic E-state index is 0.0217. The van der Waals surface area contributed by atoms with Crippen LogP contribution in [0.2, 0.25) is 0 Å². The van der Waals surface area contributed by atoms with Crippen molar-refractivity contribution in [2.45, 2.75) is 20.0 Å². The molecule has 6 heteroatoms. The summed E-state index contributed by atoms with van der Waals surface area (Å²) in [7, 11) is 0. The number of halogens is 3. The van der Waals surface area contributed by atoms with Gasteiger partial charge >= 0.3 is 6.18 Å². The molecule has 1 aromatic rings. The Bertz CT molecular complexity index is 423. The van der Waals surface area contributed by atoms with Crippen molar-refractivity contribution in [2.75, 3.05) is 18.8 Å². The molecule has 0 saturated heterocycles. The Morgan fingerprint density at radius 1 is 1.39 bits per heavy atom. The highest BCUT2D eigenvalue weighted by Crippen LogP contribution is 2.22. The van der Waals surface area contributed by atoms with Crippen molar-refractivity contribution in [2.24, 2.45) is 0 Å². The number of nitrogens with two attached hydrogens (primary N) is 1. The van der Waals surface area contributed by atoms with E-state index in [-0.39, 0.29) is 17.8 Å². The smallest absolute Gasteiger partial charge is 0.398 e. The minimum Gasteiger partial charge on any atom is -0.398 e. The highest BCUT2D eigenvalue weighted by atomic mass is 19.4. The van der Waals surface area contributed by atoms with E-state index in [0.29, 0.717) is 5.56 Å². The number of alkyl halides is 3. The number of nitrogen functional groups attached to an aromatic ring is 1. The fourth-order valence-electron chi connectivity index (χ4n) is 1.68. The van der Waals surface area contributed by atoms with Crippen molar-refractivity contribution in [3.63, 3.8) is 0 Å². The van der Waals surface area contributed by atoms with E-state index in [0.717, 1.165) is 4.90 Å². The number of nitrogens with zero attached hydrogens (tertiary/aromatic N) is 1. The van der Waals surface area contributed by atoms with Crippen LogP contribution in [-0.2, 0) is 0 Å². The molecule has 0 heterocycles. The van der Waals surface area contributed by atoms with Crippen molar-refractivity contribution in [1.29, 1.82) is 0 Å². The lowest BCUT2D eigenvalue weighted by Gasteiger charge is -2.23. The van der Waals surface area contributed by atoms with E-state index in [2.05, 4.69) is 0 Å². The van der Waals surface area contributed by atoms with E-state index in [9.17, 15) is 18.0 Å². The average molecular weight is 260 g/mol. The van der Waals surface area contributed by atoms with E-state index in [1.807, 2.05) is 0 Å². The zero-order chi connectivity index (χ0) is 13.9. The molecule has 0 aromatic heterocycles. The van der Waals surface area contributed by atoms with Crippen molar-refractivity contribution in [3.05, 3.63) is 29.3 Å². The summed E-state index contributed by atoms with van der Waals surface area (Å²) in [5.74, 6) is -0.689. The molecule has 1 rings (SSSR count). The minimum atomic E-state index is -4.41. The number of aryl methyl sites for hydroxylation is 1. The first kappa shape index (κ1) is 14.3. The summed E-state index contributed by atoms with van der Waals surface area (Å²) in [4.78, 5) is 12.8. The molecule has 1 aromatic carbocycles. The predicted molar refractivity (Wildman–Crippen MR) is 63.2 cm³/mol. The zero-order valence-corrected chi connectivity index (χ0v) is 10.2. The Hall–Kier alpha value is -1.72. The number of amides is 1. The van der Waals surface area contributed by atoms with Gasteiger partial charge in [0.2, 0.25) is 0 Å². The molecule has 0 aliphatic carbocycles. The zero-order valence-electron chi connectivity index (χ0n) is 10.2. The van der Waals surface area contributed by atoms with Gasteiger partial charge in [0, 0.05) is 12.2 Å². The van der Waals surface area contributed by atoms with Crippen LogP contribution in [0.1, 0.15) is 22.8 Å². The molecule has 0 radical (unpaired) electrons. The van der Waals surface area contributed by atoms with Crippen molar-refractivity contribution in [1.82, 2.24) is 4.90 Å². The van der Waals surface area contributed by atoms with Gasteiger partial charge in [-0.25, -0.2) is 0 Å². The summed E-state index contributed by atoms with van der Waals surface area (Å²) >= 11 is 0. The Kier molecular flexibility index (Phi) is 4.21. The standard InChI is InChI=1S/C12H15F3N2O/c1-3-17(7-12(13,14)15)11(18)10-8(2)5-4-6-9(10)16/h4-6H,3,7,16H2,1-2H3. The monoisotopic (exact) mass is 260 g/mol. The number of carbonyl (C=O) groups is 1. The molecule has 0 unspecified atom stereocenters. The summed E-state index contributed by atoms with van der Waals surface area (Å²) in [6.07, 6.45) is -4.41. The third-order valence-electron chi connectivity index (χ3n) is 2.56. The normalized spacial score (nSPS) is 11.4. The number of hydrogen-bond donors (Lipinski definition) is 1. The maximum atomic E-state index is 12.3. The van der Waals surface area contributed by atoms with Gasteiger partial charge in [0.1, 0.15) is 6.54 Å². The van der Waals surface area contributed by atoms with Crippen LogP contribution in [0.25, 0.3) is 0 Å². The molecule has 0 saturated carbocycles. The second kappa shape index (κ2) is 5.29. The topological polar surface area (TPSA) is 46.3 Å². The van der Waals surface area contributed by atoms with Crippen LogP contribution in [0, 0.1) is 6.92 Å². The van der Waals surface area contributed by atoms with Gasteiger partial charge < -0.3 is 10.6 Å². The summed E-state index contributed by atoms with van der Waals surface area (Å²) < 4.78 is 37.0. The van der Waals surface area contributed by atoms with Gasteiger partial charge in [0.05, 0.1) is 5.56 Å². The number of benzene rings is 1. The van der Waals surface area contributed by atoms with Crippen LogP contribution in [0.15, 0.2) is 18.2 Å². The molecular weight excluding hydrogens is 245 g/mol. The Morgan fingerprint density at radius 2 is 2.00 bits per heavy atom. The Labute approximate surface area is 103 Å². The summed E-state index contributed by atoms with van der Waals surface area (Å²) in [5.41, 5.74) is 6.56. The molecule has 0 spiro atoms. The van der Waals surface area contributed by atoms with Gasteiger partial charge in [0.15, 0.2) is 0 Å². The second-order valence-electron chi connectivity index (χ2n) is 3.97. The summed E-state index contributed by atoms with van der Waals surface area (Å²) in [6.45, 7) is 1.85. The molecule has 3 nitrogen and oxygen atoms in total. The lowest BCUT2D eigenvalue weighted by molar-refractivity contribution is -0.140. The number of anilines is 1. The van der Waals surface area contributed by atoms with Gasteiger partial charge in [-0.2, -0.15) is 13.2 Å². The first-order chi connectivity index (χ1) is 8.26. The maximum absolute atomic E-state index is 12.3. The third kappa shape index (κ3) is 3.38. The van der Waals surface area contributed by atoms with Gasteiger partial charge in [-0.15, -0.1) is 0 Å². The van der Waals surface area contributed by atoms with E-state index < -0.39 is 18.6 Å². The fourth-order valence-corrected chi connectivity index (χ4v) is 1.68. The highest BCUT2D eigenvalue weighted by Gasteiger charge is 2.33. The molecule has 0 fully saturated rings. The quantitative estimate of drug-likeness (QED) is 0.849. The van der Waals surface area contributed by atoms with Gasteiger partial charge in [-0.3, -0.25) is 4.79 Å². The van der Waals surface area contributed by atoms with Crippen molar-refractivity contribution >= 4 is 11.6 Å². The molecule has 100 valence electrons. The first-order valence-electron chi connectivity index (χ1n) is 5.47. The van der Waals surface area contributed by atoms with Gasteiger partial charge in [-0.05, 0) is 25.5 Å². The lowest BCUT2D eigenvalue weighted by Crippen LogP contribution is -2.39. The summed E-state index contributed by atoms with van der Waals surface area (Å²) in [6, 6.07) is 4.80. The van der Waals surface area contributed by atoms with Crippen LogP contribution in [0.3, 0.4) is 0 Å². The summed E-state index contributed by atoms with van der Waals surface area (Å²) in [5, 5.41) is 0. The largest absolute Gasteiger partial charge is 0.406 e. The number of rotatable bonds is 3. The van der Waals surface area contributed by atoms with Crippen LogP contribution in [0.4, 0.5) is 18.9 Å². The van der Waals surface area contributed by atoms with Crippen LogP contribution in [-0.4, -0.2) is 30.1 Å². The van der Waals surface area contributed by atoms with Gasteiger partial charge in [0.25, 0.3) is 5.91 Å². The van der Waals surface area contributed by atoms with E-state index >= 15 is 0 Å². The van der Waals surface area contributed by atoms with Crippen LogP contribution < -0.4 is 5.73 Å². The SMILES string of the molecule is CCN(CC(F)(F)F)C(=O)c1c(C)cccc1N. The lowest BCUT2D eigenvalue weighted by atomic mass is 10.1. The van der Waals surface area contributed by atoms with Crippen molar-refractivity contribution in [3.8, 4) is 0 Å². The Balaban J connectivity index is 3.04. The molecule has 2 N–H and O–H groups in total. The molecule has 0 aliphatic rings. The predicted octanol–water partition coefficient (Wildman–Crippen LogP) is 2.60. The fraction of sp³-hybridized carbons (Fsp3) is 0.417. The number of carbonyl (C=O) groups excluding carboxylic acids is 1. The molecule has 0 bridgehead atoms. The average Bonchev–Trinajstić information content (AvgIpc) is 2.24.